The standard InChI is InChI=1S/C29H34O5/c1-4-5-6-13-18-23(20(2)3)27(31)26-28(32)25(33-21-14-9-7-10-15-21)19-24(30)29(26)34-22-16-11-8-12-17-22/h7-12,14-17,19-20,23,30,32H,4-6,13,18H2,1-3H3. The van der Waals surface area contributed by atoms with Crippen molar-refractivity contribution in [3.63, 3.8) is 0 Å². The Bertz CT molecular complexity index is 1060. The number of phenols is 2. The van der Waals surface area contributed by atoms with Crippen LogP contribution in [0.3, 0.4) is 0 Å². The lowest BCUT2D eigenvalue weighted by Gasteiger charge is -2.23. The SMILES string of the molecule is CCCCCCC(C(=O)c1c(O)c(Oc2ccccc2)cc(O)c1Oc1ccccc1)C(C)C. The fourth-order valence-electron chi connectivity index (χ4n) is 3.99. The maximum Gasteiger partial charge on any atom is 0.183 e. The molecule has 5 heteroatoms. The van der Waals surface area contributed by atoms with Crippen LogP contribution in [0.1, 0.15) is 63.2 Å². The van der Waals surface area contributed by atoms with Crippen LogP contribution in [0.2, 0.25) is 0 Å². The maximum atomic E-state index is 13.8. The number of rotatable bonds is 12. The Hall–Kier alpha value is -3.47. The van der Waals surface area contributed by atoms with E-state index in [-0.39, 0.29) is 46.2 Å². The molecule has 1 atom stereocenters. The normalized spacial score (nSPS) is 11.9. The maximum absolute atomic E-state index is 13.8. The van der Waals surface area contributed by atoms with Gasteiger partial charge < -0.3 is 19.7 Å². The first-order valence-electron chi connectivity index (χ1n) is 12.0. The molecule has 3 aromatic rings. The summed E-state index contributed by atoms with van der Waals surface area (Å²) < 4.78 is 11.8. The lowest BCUT2D eigenvalue weighted by Crippen LogP contribution is -2.21. The number of aromatic hydroxyl groups is 2. The van der Waals surface area contributed by atoms with Gasteiger partial charge in [-0.3, -0.25) is 4.79 Å². The summed E-state index contributed by atoms with van der Waals surface area (Å²) in [6.07, 6.45) is 4.90. The van der Waals surface area contributed by atoms with Gasteiger partial charge in [-0.25, -0.2) is 0 Å². The third-order valence-electron chi connectivity index (χ3n) is 5.89. The molecule has 0 heterocycles. The predicted molar refractivity (Wildman–Crippen MR) is 134 cm³/mol. The van der Waals surface area contributed by atoms with E-state index in [9.17, 15) is 15.0 Å². The zero-order chi connectivity index (χ0) is 24.5. The van der Waals surface area contributed by atoms with Crippen molar-refractivity contribution in [3.8, 4) is 34.5 Å². The molecule has 2 N–H and O–H groups in total. The van der Waals surface area contributed by atoms with Crippen LogP contribution in [0.5, 0.6) is 34.5 Å². The lowest BCUT2D eigenvalue weighted by molar-refractivity contribution is 0.0867. The first-order valence-corrected chi connectivity index (χ1v) is 12.0. The van der Waals surface area contributed by atoms with Gasteiger partial charge in [0.05, 0.1) is 0 Å². The van der Waals surface area contributed by atoms with Crippen molar-refractivity contribution >= 4 is 5.78 Å². The average molecular weight is 463 g/mol. The highest BCUT2D eigenvalue weighted by molar-refractivity contribution is 6.04. The number of ether oxygens (including phenoxy) is 2. The van der Waals surface area contributed by atoms with Crippen molar-refractivity contribution in [2.24, 2.45) is 11.8 Å². The van der Waals surface area contributed by atoms with Crippen molar-refractivity contribution in [3.05, 3.63) is 72.3 Å². The van der Waals surface area contributed by atoms with Gasteiger partial charge in [-0.15, -0.1) is 0 Å². The fourth-order valence-corrected chi connectivity index (χ4v) is 3.99. The molecule has 0 saturated carbocycles. The average Bonchev–Trinajstić information content (AvgIpc) is 2.83. The topological polar surface area (TPSA) is 76.0 Å². The molecule has 3 aromatic carbocycles. The second-order valence-electron chi connectivity index (χ2n) is 8.84. The molecule has 1 unspecified atom stereocenters. The monoisotopic (exact) mass is 462 g/mol. The summed E-state index contributed by atoms with van der Waals surface area (Å²) in [7, 11) is 0. The van der Waals surface area contributed by atoms with E-state index >= 15 is 0 Å². The number of Topliss-reactive ketones (excluding diaryl/α,β-unsaturated/α-hetero) is 1. The van der Waals surface area contributed by atoms with E-state index in [1.807, 2.05) is 26.0 Å². The minimum absolute atomic E-state index is 0.000880. The quantitative estimate of drug-likeness (QED) is 0.161. The highest BCUT2D eigenvalue weighted by Gasteiger charge is 2.32. The van der Waals surface area contributed by atoms with Gasteiger partial charge in [0.15, 0.2) is 28.8 Å². The Labute approximate surface area is 202 Å². The first-order chi connectivity index (χ1) is 16.4. The van der Waals surface area contributed by atoms with Gasteiger partial charge in [-0.2, -0.15) is 0 Å². The molecule has 34 heavy (non-hydrogen) atoms. The van der Waals surface area contributed by atoms with Gasteiger partial charge in [0, 0.05) is 12.0 Å². The molecular weight excluding hydrogens is 428 g/mol. The second kappa shape index (κ2) is 12.1. The van der Waals surface area contributed by atoms with Crippen LogP contribution in [-0.2, 0) is 0 Å². The Balaban J connectivity index is 2.05. The molecule has 0 bridgehead atoms. The Morgan fingerprint density at radius 1 is 0.853 bits per heavy atom. The molecule has 0 amide bonds. The molecule has 0 radical (unpaired) electrons. The van der Waals surface area contributed by atoms with E-state index in [0.717, 1.165) is 25.7 Å². The number of hydrogen-bond donors (Lipinski definition) is 2. The number of carbonyl (C=O) groups excluding carboxylic acids is 1. The van der Waals surface area contributed by atoms with Gasteiger partial charge in [0.1, 0.15) is 17.1 Å². The van der Waals surface area contributed by atoms with E-state index < -0.39 is 0 Å². The number of unbranched alkanes of at least 4 members (excludes halogenated alkanes) is 3. The number of ketones is 1. The molecule has 5 nitrogen and oxygen atoms in total. The van der Waals surface area contributed by atoms with Crippen LogP contribution in [0, 0.1) is 11.8 Å². The largest absolute Gasteiger partial charge is 0.504 e. The third-order valence-corrected chi connectivity index (χ3v) is 5.89. The van der Waals surface area contributed by atoms with Gasteiger partial charge >= 0.3 is 0 Å². The van der Waals surface area contributed by atoms with Crippen molar-refractivity contribution in [1.82, 2.24) is 0 Å². The Kier molecular flexibility index (Phi) is 8.97. The lowest BCUT2D eigenvalue weighted by atomic mass is 9.83. The number of hydrogen-bond acceptors (Lipinski definition) is 5. The summed E-state index contributed by atoms with van der Waals surface area (Å²) in [5.41, 5.74) is -0.0519. The summed E-state index contributed by atoms with van der Waals surface area (Å²) in [6, 6.07) is 19.1. The van der Waals surface area contributed by atoms with E-state index in [1.165, 1.54) is 6.07 Å². The Morgan fingerprint density at radius 3 is 2.00 bits per heavy atom. The van der Waals surface area contributed by atoms with Crippen LogP contribution in [0.15, 0.2) is 66.7 Å². The molecule has 0 aromatic heterocycles. The molecule has 0 aliphatic heterocycles. The highest BCUT2D eigenvalue weighted by atomic mass is 16.5. The van der Waals surface area contributed by atoms with Crippen molar-refractivity contribution in [2.75, 3.05) is 0 Å². The van der Waals surface area contributed by atoms with Gasteiger partial charge in [0.2, 0.25) is 0 Å². The van der Waals surface area contributed by atoms with Gasteiger partial charge in [0.25, 0.3) is 0 Å². The van der Waals surface area contributed by atoms with E-state index in [4.69, 9.17) is 9.47 Å². The zero-order valence-electron chi connectivity index (χ0n) is 20.2. The molecule has 180 valence electrons. The zero-order valence-corrected chi connectivity index (χ0v) is 20.2. The Morgan fingerprint density at radius 2 is 1.44 bits per heavy atom. The molecule has 0 fully saturated rings. The smallest absolute Gasteiger partial charge is 0.183 e. The molecule has 0 aliphatic carbocycles. The highest BCUT2D eigenvalue weighted by Crippen LogP contribution is 2.48. The number of carbonyl (C=O) groups is 1. The minimum Gasteiger partial charge on any atom is -0.504 e. The van der Waals surface area contributed by atoms with E-state index in [2.05, 4.69) is 6.92 Å². The molecular formula is C29H34O5. The fraction of sp³-hybridized carbons (Fsp3) is 0.345. The van der Waals surface area contributed by atoms with Gasteiger partial charge in [-0.05, 0) is 36.6 Å². The van der Waals surface area contributed by atoms with Gasteiger partial charge in [-0.1, -0.05) is 82.9 Å². The van der Waals surface area contributed by atoms with Crippen LogP contribution in [0.25, 0.3) is 0 Å². The summed E-state index contributed by atoms with van der Waals surface area (Å²) in [5.74, 6) is -0.273. The summed E-state index contributed by atoms with van der Waals surface area (Å²) >= 11 is 0. The van der Waals surface area contributed by atoms with Crippen LogP contribution in [0.4, 0.5) is 0 Å². The third kappa shape index (κ3) is 6.31. The van der Waals surface area contributed by atoms with Crippen molar-refractivity contribution < 1.29 is 24.5 Å². The summed E-state index contributed by atoms with van der Waals surface area (Å²) in [5, 5.41) is 22.1. The van der Waals surface area contributed by atoms with Crippen LogP contribution >= 0.6 is 0 Å². The number of benzene rings is 3. The number of phenolic OH excluding ortho intramolecular Hbond substituents is 2. The molecule has 3 rings (SSSR count). The molecule has 0 aliphatic rings. The van der Waals surface area contributed by atoms with E-state index in [0.29, 0.717) is 17.9 Å². The van der Waals surface area contributed by atoms with Crippen LogP contribution in [-0.4, -0.2) is 16.0 Å². The number of para-hydroxylation sites is 2. The molecule has 0 saturated heterocycles. The minimum atomic E-state index is -0.336. The van der Waals surface area contributed by atoms with Crippen LogP contribution < -0.4 is 9.47 Å². The van der Waals surface area contributed by atoms with E-state index in [1.54, 1.807) is 48.5 Å². The predicted octanol–water partition coefficient (Wildman–Crippen LogP) is 8.11. The summed E-state index contributed by atoms with van der Waals surface area (Å²) in [6.45, 7) is 6.15. The first kappa shape index (κ1) is 25.2. The second-order valence-corrected chi connectivity index (χ2v) is 8.84. The molecule has 0 spiro atoms. The van der Waals surface area contributed by atoms with Crippen molar-refractivity contribution in [1.29, 1.82) is 0 Å². The summed E-state index contributed by atoms with van der Waals surface area (Å²) in [4.78, 5) is 13.8. The van der Waals surface area contributed by atoms with Crippen molar-refractivity contribution in [2.45, 2.75) is 52.9 Å².